The van der Waals surface area contributed by atoms with Crippen molar-refractivity contribution in [3.63, 3.8) is 0 Å². The summed E-state index contributed by atoms with van der Waals surface area (Å²) >= 11 is 1.34. The molecule has 1 atom stereocenters. The predicted molar refractivity (Wildman–Crippen MR) is 96.1 cm³/mol. The van der Waals surface area contributed by atoms with Gasteiger partial charge >= 0.3 is 5.97 Å². The molecule has 0 radical (unpaired) electrons. The second-order valence-corrected chi connectivity index (χ2v) is 6.71. The normalized spacial score (nSPS) is 11.9. The van der Waals surface area contributed by atoms with Crippen molar-refractivity contribution in [1.29, 1.82) is 0 Å². The lowest BCUT2D eigenvalue weighted by Gasteiger charge is -2.12. The first kappa shape index (κ1) is 17.2. The Kier molecular flexibility index (Phi) is 5.45. The topological polar surface area (TPSA) is 69.9 Å². The van der Waals surface area contributed by atoms with Gasteiger partial charge in [-0.15, -0.1) is 10.2 Å². The van der Waals surface area contributed by atoms with Gasteiger partial charge in [0, 0.05) is 18.0 Å². The van der Waals surface area contributed by atoms with Crippen LogP contribution in [0.15, 0.2) is 60.0 Å². The molecule has 6 nitrogen and oxygen atoms in total. The van der Waals surface area contributed by atoms with Crippen molar-refractivity contribution in [1.82, 2.24) is 19.7 Å². The van der Waals surface area contributed by atoms with Crippen LogP contribution in [0.1, 0.15) is 12.5 Å². The number of rotatable bonds is 6. The van der Waals surface area contributed by atoms with E-state index in [1.54, 1.807) is 19.3 Å². The molecule has 2 aromatic heterocycles. The number of benzene rings is 1. The minimum Gasteiger partial charge on any atom is -0.468 e. The summed E-state index contributed by atoms with van der Waals surface area (Å²) in [5.74, 6) is 0.454. The Balaban J connectivity index is 1.97. The number of nitrogens with zero attached hydrogens (tertiary/aromatic N) is 4. The number of carbonyl (C=O) groups excluding carboxylic acids is 1. The van der Waals surface area contributed by atoms with Crippen LogP contribution in [0.2, 0.25) is 0 Å². The zero-order valence-electron chi connectivity index (χ0n) is 14.0. The number of ether oxygens (including phenoxy) is 1. The molecule has 0 N–H and O–H groups in total. The molecule has 25 heavy (non-hydrogen) atoms. The van der Waals surface area contributed by atoms with E-state index in [-0.39, 0.29) is 11.2 Å². The van der Waals surface area contributed by atoms with Gasteiger partial charge in [-0.2, -0.15) is 0 Å². The number of pyridine rings is 1. The molecule has 0 saturated carbocycles. The second kappa shape index (κ2) is 7.94. The third-order valence-corrected chi connectivity index (χ3v) is 4.71. The third-order valence-electron chi connectivity index (χ3n) is 3.65. The average Bonchev–Trinajstić information content (AvgIpc) is 3.04. The molecule has 1 unspecified atom stereocenters. The largest absolute Gasteiger partial charge is 0.468 e. The van der Waals surface area contributed by atoms with Gasteiger partial charge < -0.3 is 4.74 Å². The van der Waals surface area contributed by atoms with Crippen LogP contribution in [0.25, 0.3) is 11.4 Å². The Morgan fingerprint density at radius 1 is 1.16 bits per heavy atom. The highest BCUT2D eigenvalue weighted by molar-refractivity contribution is 8.00. The quantitative estimate of drug-likeness (QED) is 0.500. The Bertz CT molecular complexity index is 837. The fraction of sp³-hybridized carbons (Fsp3) is 0.222. The Morgan fingerprint density at radius 2 is 1.88 bits per heavy atom. The summed E-state index contributed by atoms with van der Waals surface area (Å²) in [4.78, 5) is 15.8. The molecule has 1 aromatic carbocycles. The van der Waals surface area contributed by atoms with Crippen LogP contribution in [0.3, 0.4) is 0 Å². The van der Waals surface area contributed by atoms with Crippen molar-refractivity contribution in [2.75, 3.05) is 7.11 Å². The maximum atomic E-state index is 11.8. The van der Waals surface area contributed by atoms with Crippen LogP contribution in [0.4, 0.5) is 0 Å². The third kappa shape index (κ3) is 4.06. The first-order chi connectivity index (χ1) is 12.2. The highest BCUT2D eigenvalue weighted by Gasteiger charge is 2.21. The van der Waals surface area contributed by atoms with E-state index in [9.17, 15) is 4.79 Å². The van der Waals surface area contributed by atoms with Gasteiger partial charge in [0.15, 0.2) is 11.0 Å². The summed E-state index contributed by atoms with van der Waals surface area (Å²) in [6.07, 6.45) is 3.45. The van der Waals surface area contributed by atoms with Crippen molar-refractivity contribution in [3.05, 3.63) is 60.4 Å². The minimum absolute atomic E-state index is 0.287. The van der Waals surface area contributed by atoms with E-state index in [1.165, 1.54) is 18.9 Å². The van der Waals surface area contributed by atoms with Crippen molar-refractivity contribution in [2.45, 2.75) is 23.9 Å². The van der Waals surface area contributed by atoms with Crippen LogP contribution < -0.4 is 0 Å². The number of methoxy groups -OCH3 is 1. The van der Waals surface area contributed by atoms with E-state index in [0.717, 1.165) is 17.0 Å². The first-order valence-corrected chi connectivity index (χ1v) is 8.69. The van der Waals surface area contributed by atoms with E-state index in [1.807, 2.05) is 34.9 Å². The molecule has 0 bridgehead atoms. The van der Waals surface area contributed by atoms with Gasteiger partial charge in [-0.1, -0.05) is 42.1 Å². The molecule has 0 saturated heterocycles. The van der Waals surface area contributed by atoms with Gasteiger partial charge in [-0.25, -0.2) is 0 Å². The molecule has 128 valence electrons. The molecule has 0 aliphatic carbocycles. The molecular formula is C18H18N4O2S. The molecular weight excluding hydrogens is 336 g/mol. The lowest BCUT2D eigenvalue weighted by Crippen LogP contribution is -2.16. The lowest BCUT2D eigenvalue weighted by atomic mass is 10.2. The number of carbonyl (C=O) groups is 1. The van der Waals surface area contributed by atoms with Gasteiger partial charge in [0.25, 0.3) is 0 Å². The van der Waals surface area contributed by atoms with Crippen LogP contribution in [0, 0.1) is 0 Å². The maximum Gasteiger partial charge on any atom is 0.318 e. The number of aromatic nitrogens is 4. The monoisotopic (exact) mass is 354 g/mol. The average molecular weight is 354 g/mol. The number of esters is 1. The Hall–Kier alpha value is -2.67. The fourth-order valence-electron chi connectivity index (χ4n) is 2.37. The van der Waals surface area contributed by atoms with Crippen LogP contribution in [-0.4, -0.2) is 38.1 Å². The molecule has 0 aliphatic rings. The standard InChI is InChI=1S/C18H18N4O2S/c1-13(17(23)24-2)25-18-21-20-16(15-8-10-19-11-9-15)22(18)12-14-6-4-3-5-7-14/h3-11,13H,12H2,1-2H3. The molecule has 2 heterocycles. The van der Waals surface area contributed by atoms with Crippen molar-refractivity contribution < 1.29 is 9.53 Å². The minimum atomic E-state index is -0.367. The zero-order valence-corrected chi connectivity index (χ0v) is 14.8. The molecule has 3 rings (SSSR count). The lowest BCUT2D eigenvalue weighted by molar-refractivity contribution is -0.139. The van der Waals surface area contributed by atoms with Gasteiger partial charge in [0.05, 0.1) is 13.7 Å². The molecule has 0 amide bonds. The van der Waals surface area contributed by atoms with Gasteiger partial charge in [-0.05, 0) is 24.6 Å². The fourth-order valence-corrected chi connectivity index (χ4v) is 3.25. The van der Waals surface area contributed by atoms with Gasteiger partial charge in [-0.3, -0.25) is 14.3 Å². The molecule has 7 heteroatoms. The Labute approximate surface area is 150 Å². The summed E-state index contributed by atoms with van der Waals surface area (Å²) in [5, 5.41) is 8.93. The van der Waals surface area contributed by atoms with E-state index >= 15 is 0 Å². The summed E-state index contributed by atoms with van der Waals surface area (Å²) in [6.45, 7) is 2.41. The summed E-state index contributed by atoms with van der Waals surface area (Å²) in [5.41, 5.74) is 2.06. The second-order valence-electron chi connectivity index (χ2n) is 5.40. The van der Waals surface area contributed by atoms with Crippen LogP contribution in [0.5, 0.6) is 0 Å². The van der Waals surface area contributed by atoms with Crippen LogP contribution >= 0.6 is 11.8 Å². The highest BCUT2D eigenvalue weighted by Crippen LogP contribution is 2.27. The van der Waals surface area contributed by atoms with E-state index in [4.69, 9.17) is 4.74 Å². The van der Waals surface area contributed by atoms with E-state index < -0.39 is 0 Å². The number of thioether (sulfide) groups is 1. The highest BCUT2D eigenvalue weighted by atomic mass is 32.2. The molecule has 0 fully saturated rings. The summed E-state index contributed by atoms with van der Waals surface area (Å²) in [7, 11) is 1.39. The number of hydrogen-bond donors (Lipinski definition) is 0. The van der Waals surface area contributed by atoms with Gasteiger partial charge in [0.1, 0.15) is 5.25 Å². The summed E-state index contributed by atoms with van der Waals surface area (Å²) < 4.78 is 6.82. The first-order valence-electron chi connectivity index (χ1n) is 7.81. The van der Waals surface area contributed by atoms with Gasteiger partial charge in [0.2, 0.25) is 0 Å². The predicted octanol–water partition coefficient (Wildman–Crippen LogP) is 3.04. The molecule has 0 spiro atoms. The van der Waals surface area contributed by atoms with E-state index in [0.29, 0.717) is 11.7 Å². The van der Waals surface area contributed by atoms with Crippen molar-refractivity contribution in [2.24, 2.45) is 0 Å². The molecule has 3 aromatic rings. The van der Waals surface area contributed by atoms with Crippen molar-refractivity contribution in [3.8, 4) is 11.4 Å². The smallest absolute Gasteiger partial charge is 0.318 e. The van der Waals surface area contributed by atoms with E-state index in [2.05, 4.69) is 27.3 Å². The number of hydrogen-bond acceptors (Lipinski definition) is 6. The maximum absolute atomic E-state index is 11.8. The molecule has 0 aliphatic heterocycles. The SMILES string of the molecule is COC(=O)C(C)Sc1nnc(-c2ccncc2)n1Cc1ccccc1. The van der Waals surface area contributed by atoms with Crippen molar-refractivity contribution >= 4 is 17.7 Å². The summed E-state index contributed by atoms with van der Waals surface area (Å²) in [6, 6.07) is 13.9. The Morgan fingerprint density at radius 3 is 2.56 bits per heavy atom. The van der Waals surface area contributed by atoms with Crippen LogP contribution in [-0.2, 0) is 16.1 Å². The zero-order chi connectivity index (χ0) is 17.6.